The molecule has 4 nitrogen and oxygen atoms in total. The first-order valence-electron chi connectivity index (χ1n) is 11.2. The molecule has 0 N–H and O–H groups in total. The van der Waals surface area contributed by atoms with Gasteiger partial charge in [0.2, 0.25) is 5.91 Å². The molecule has 4 heteroatoms. The molecule has 2 aromatic carbocycles. The average molecular weight is 418 g/mol. The first-order valence-corrected chi connectivity index (χ1v) is 11.2. The highest BCUT2D eigenvalue weighted by Gasteiger charge is 2.44. The molecular weight excluding hydrogens is 386 g/mol. The molecule has 31 heavy (non-hydrogen) atoms. The van der Waals surface area contributed by atoms with Gasteiger partial charge in [-0.1, -0.05) is 45.0 Å². The Morgan fingerprint density at radius 3 is 2.26 bits per heavy atom. The number of rotatable bonds is 5. The van der Waals surface area contributed by atoms with E-state index in [1.165, 1.54) is 5.56 Å². The Balaban J connectivity index is 1.80. The van der Waals surface area contributed by atoms with Crippen LogP contribution in [0.5, 0.6) is 5.75 Å². The van der Waals surface area contributed by atoms with Crippen molar-refractivity contribution in [1.29, 1.82) is 0 Å². The summed E-state index contributed by atoms with van der Waals surface area (Å²) in [5.41, 5.74) is 4.60. The molecule has 2 aromatic rings. The van der Waals surface area contributed by atoms with Crippen LogP contribution in [0.1, 0.15) is 64.0 Å². The van der Waals surface area contributed by atoms with E-state index in [-0.39, 0.29) is 23.0 Å². The van der Waals surface area contributed by atoms with Gasteiger partial charge < -0.3 is 4.74 Å². The largest absolute Gasteiger partial charge is 0.494 e. The van der Waals surface area contributed by atoms with Crippen LogP contribution in [0.25, 0.3) is 0 Å². The van der Waals surface area contributed by atoms with E-state index < -0.39 is 0 Å². The van der Waals surface area contributed by atoms with Gasteiger partial charge in [0.1, 0.15) is 5.75 Å². The van der Waals surface area contributed by atoms with Crippen molar-refractivity contribution in [3.63, 3.8) is 0 Å². The molecule has 1 unspecified atom stereocenters. The van der Waals surface area contributed by atoms with E-state index >= 15 is 0 Å². The van der Waals surface area contributed by atoms with Crippen molar-refractivity contribution < 1.29 is 14.3 Å². The summed E-state index contributed by atoms with van der Waals surface area (Å²) in [6.07, 6.45) is 2.47. The molecule has 0 aromatic heterocycles. The highest BCUT2D eigenvalue weighted by molar-refractivity contribution is 6.07. The number of ketones is 1. The van der Waals surface area contributed by atoms with E-state index in [4.69, 9.17) is 4.74 Å². The number of nitrogens with zero attached hydrogens (tertiary/aromatic N) is 1. The predicted octanol–water partition coefficient (Wildman–Crippen LogP) is 5.81. The lowest BCUT2D eigenvalue weighted by Gasteiger charge is -2.43. The van der Waals surface area contributed by atoms with Gasteiger partial charge in [0, 0.05) is 35.7 Å². The Kier molecular flexibility index (Phi) is 5.74. The fraction of sp³-hybridized carbons (Fsp3) is 0.407. The van der Waals surface area contributed by atoms with Crippen LogP contribution in [0.2, 0.25) is 0 Å². The van der Waals surface area contributed by atoms with Crippen LogP contribution in [0, 0.1) is 5.41 Å². The average Bonchev–Trinajstić information content (AvgIpc) is 2.73. The second-order valence-corrected chi connectivity index (χ2v) is 9.31. The molecule has 162 valence electrons. The molecule has 0 spiro atoms. The Morgan fingerprint density at radius 2 is 1.65 bits per heavy atom. The summed E-state index contributed by atoms with van der Waals surface area (Å²) in [7, 11) is 0. The highest BCUT2D eigenvalue weighted by atomic mass is 16.5. The lowest BCUT2D eigenvalue weighted by atomic mass is 9.69. The van der Waals surface area contributed by atoms with Crippen molar-refractivity contribution >= 4 is 17.4 Å². The van der Waals surface area contributed by atoms with Crippen molar-refractivity contribution in [1.82, 2.24) is 0 Å². The summed E-state index contributed by atoms with van der Waals surface area (Å²) in [5, 5.41) is 0. The minimum atomic E-state index is -0.201. The topological polar surface area (TPSA) is 46.6 Å². The van der Waals surface area contributed by atoms with Crippen LogP contribution in [-0.2, 0) is 16.0 Å². The monoisotopic (exact) mass is 417 g/mol. The second-order valence-electron chi connectivity index (χ2n) is 9.31. The number of aryl methyl sites for hydroxylation is 1. The summed E-state index contributed by atoms with van der Waals surface area (Å²) in [5.74, 6) is 0.810. The Labute approximate surface area is 184 Å². The van der Waals surface area contributed by atoms with Gasteiger partial charge in [0.25, 0.3) is 0 Å². The molecule has 1 heterocycles. The molecule has 0 fully saturated rings. The number of anilines is 1. The molecule has 1 amide bonds. The van der Waals surface area contributed by atoms with Gasteiger partial charge in [-0.15, -0.1) is 0 Å². The number of Topliss-reactive ketones (excluding diaryl/α,β-unsaturated/α-hetero) is 1. The van der Waals surface area contributed by atoms with Crippen LogP contribution in [0.15, 0.2) is 59.8 Å². The van der Waals surface area contributed by atoms with E-state index in [1.807, 2.05) is 43.3 Å². The van der Waals surface area contributed by atoms with Crippen molar-refractivity contribution in [2.75, 3.05) is 11.5 Å². The Morgan fingerprint density at radius 1 is 0.968 bits per heavy atom. The number of carbonyl (C=O) groups excluding carboxylic acids is 2. The highest BCUT2D eigenvalue weighted by Crippen LogP contribution is 2.48. The number of amides is 1. The van der Waals surface area contributed by atoms with Gasteiger partial charge in [0.15, 0.2) is 5.78 Å². The SMILES string of the molecule is CCOc1ccc(C2CC(=O)N(c3ccc(CC)cc3)C3=C2C(=O)CC(C)(C)C3)cc1. The summed E-state index contributed by atoms with van der Waals surface area (Å²) < 4.78 is 5.56. The summed E-state index contributed by atoms with van der Waals surface area (Å²) in [6.45, 7) is 8.90. The van der Waals surface area contributed by atoms with Gasteiger partial charge in [-0.25, -0.2) is 0 Å². The third-order valence-corrected chi connectivity index (χ3v) is 6.34. The second kappa shape index (κ2) is 8.33. The molecule has 1 aliphatic heterocycles. The van der Waals surface area contributed by atoms with E-state index in [2.05, 4.69) is 32.9 Å². The number of hydrogen-bond acceptors (Lipinski definition) is 3. The number of hydrogen-bond donors (Lipinski definition) is 0. The van der Waals surface area contributed by atoms with Crippen molar-refractivity contribution in [2.45, 2.75) is 59.3 Å². The maximum atomic E-state index is 13.4. The van der Waals surface area contributed by atoms with Crippen LogP contribution in [0.3, 0.4) is 0 Å². The molecule has 1 aliphatic carbocycles. The van der Waals surface area contributed by atoms with Gasteiger partial charge in [-0.05, 0) is 60.6 Å². The molecule has 0 saturated heterocycles. The molecule has 0 saturated carbocycles. The maximum Gasteiger partial charge on any atom is 0.232 e. The molecular formula is C27H31NO3. The minimum Gasteiger partial charge on any atom is -0.494 e. The Hall–Kier alpha value is -2.88. The van der Waals surface area contributed by atoms with Crippen molar-refractivity contribution in [3.05, 3.63) is 70.9 Å². The molecule has 1 atom stereocenters. The number of ether oxygens (including phenoxy) is 1. The minimum absolute atomic E-state index is 0.0485. The quantitative estimate of drug-likeness (QED) is 0.617. The van der Waals surface area contributed by atoms with E-state index in [0.717, 1.165) is 34.7 Å². The van der Waals surface area contributed by atoms with Crippen molar-refractivity contribution in [3.8, 4) is 5.75 Å². The third-order valence-electron chi connectivity index (χ3n) is 6.34. The normalized spacial score (nSPS) is 20.6. The van der Waals surface area contributed by atoms with Gasteiger partial charge in [-0.3, -0.25) is 14.5 Å². The van der Waals surface area contributed by atoms with Crippen LogP contribution in [0.4, 0.5) is 5.69 Å². The molecule has 4 rings (SSSR count). The number of benzene rings is 2. The lowest BCUT2D eigenvalue weighted by Crippen LogP contribution is -2.43. The smallest absolute Gasteiger partial charge is 0.232 e. The van der Waals surface area contributed by atoms with E-state index in [1.54, 1.807) is 4.90 Å². The maximum absolute atomic E-state index is 13.4. The van der Waals surface area contributed by atoms with Crippen LogP contribution < -0.4 is 9.64 Å². The third kappa shape index (κ3) is 4.16. The molecule has 2 aliphatic rings. The van der Waals surface area contributed by atoms with Crippen molar-refractivity contribution in [2.24, 2.45) is 5.41 Å². The summed E-state index contributed by atoms with van der Waals surface area (Å²) in [6, 6.07) is 16.0. The number of allylic oxidation sites excluding steroid dienone is 2. The molecule has 0 bridgehead atoms. The predicted molar refractivity (Wildman–Crippen MR) is 123 cm³/mol. The zero-order valence-electron chi connectivity index (χ0n) is 18.9. The van der Waals surface area contributed by atoms with E-state index in [0.29, 0.717) is 25.9 Å². The van der Waals surface area contributed by atoms with Gasteiger partial charge >= 0.3 is 0 Å². The molecule has 0 radical (unpaired) electrons. The summed E-state index contributed by atoms with van der Waals surface area (Å²) >= 11 is 0. The zero-order chi connectivity index (χ0) is 22.2. The fourth-order valence-electron chi connectivity index (χ4n) is 4.84. The van der Waals surface area contributed by atoms with Crippen LogP contribution in [-0.4, -0.2) is 18.3 Å². The van der Waals surface area contributed by atoms with Gasteiger partial charge in [0.05, 0.1) is 6.61 Å². The van der Waals surface area contributed by atoms with Crippen LogP contribution >= 0.6 is 0 Å². The van der Waals surface area contributed by atoms with Gasteiger partial charge in [-0.2, -0.15) is 0 Å². The lowest BCUT2D eigenvalue weighted by molar-refractivity contribution is -0.121. The fourth-order valence-corrected chi connectivity index (χ4v) is 4.84. The summed E-state index contributed by atoms with van der Waals surface area (Å²) in [4.78, 5) is 28.6. The number of carbonyl (C=O) groups is 2. The van der Waals surface area contributed by atoms with E-state index in [9.17, 15) is 9.59 Å². The first kappa shape index (κ1) is 21.4. The Bertz CT molecular complexity index is 1020. The standard InChI is InChI=1S/C27H31NO3/c1-5-18-7-11-20(12-8-18)28-23-16-27(3,4)17-24(29)26(23)22(15-25(28)30)19-9-13-21(14-10-19)31-6-2/h7-14,22H,5-6,15-17H2,1-4H3. The first-order chi connectivity index (χ1) is 14.8. The zero-order valence-corrected chi connectivity index (χ0v) is 18.9.